The molecule has 29 heavy (non-hydrogen) atoms. The van der Waals surface area contributed by atoms with Crippen LogP contribution in [-0.2, 0) is 11.4 Å². The summed E-state index contributed by atoms with van der Waals surface area (Å²) in [6.07, 6.45) is 2.02. The Balaban J connectivity index is 1.39. The summed E-state index contributed by atoms with van der Waals surface area (Å²) in [5.74, 6) is 1.34. The summed E-state index contributed by atoms with van der Waals surface area (Å²) in [5.41, 5.74) is 4.36. The molecule has 3 aromatic carbocycles. The van der Waals surface area contributed by atoms with Gasteiger partial charge in [-0.25, -0.2) is 5.43 Å². The summed E-state index contributed by atoms with van der Waals surface area (Å²) >= 11 is 7.78. The van der Waals surface area contributed by atoms with Gasteiger partial charge in [0.2, 0.25) is 5.91 Å². The van der Waals surface area contributed by atoms with E-state index in [-0.39, 0.29) is 5.91 Å². The minimum atomic E-state index is -0.107. The van der Waals surface area contributed by atoms with Crippen molar-refractivity contribution in [3.8, 4) is 5.75 Å². The molecular formula is C23H21ClN2O2S. The van der Waals surface area contributed by atoms with Gasteiger partial charge < -0.3 is 4.74 Å². The molecule has 0 fully saturated rings. The van der Waals surface area contributed by atoms with E-state index in [2.05, 4.69) is 10.5 Å². The van der Waals surface area contributed by atoms with Crippen molar-refractivity contribution in [1.82, 2.24) is 5.43 Å². The van der Waals surface area contributed by atoms with Gasteiger partial charge in [0.1, 0.15) is 12.4 Å². The largest absolute Gasteiger partial charge is 0.489 e. The molecular weight excluding hydrogens is 404 g/mol. The molecule has 4 nitrogen and oxygen atoms in total. The van der Waals surface area contributed by atoms with E-state index < -0.39 is 0 Å². The fourth-order valence-corrected chi connectivity index (χ4v) is 3.50. The SMILES string of the molecule is O=C(CCSc1ccccc1)NN=Cc1ccc(OCc2ccccc2Cl)cc1. The molecule has 148 valence electrons. The quantitative estimate of drug-likeness (QED) is 0.278. The molecule has 0 atom stereocenters. The smallest absolute Gasteiger partial charge is 0.240 e. The van der Waals surface area contributed by atoms with Gasteiger partial charge in [0.15, 0.2) is 0 Å². The van der Waals surface area contributed by atoms with Gasteiger partial charge in [-0.15, -0.1) is 11.8 Å². The first-order chi connectivity index (χ1) is 14.2. The highest BCUT2D eigenvalue weighted by molar-refractivity contribution is 7.99. The fraction of sp³-hybridized carbons (Fsp3) is 0.130. The summed E-state index contributed by atoms with van der Waals surface area (Å²) in [4.78, 5) is 13.0. The second-order valence-electron chi connectivity index (χ2n) is 6.15. The Bertz CT molecular complexity index is 947. The van der Waals surface area contributed by atoms with Crippen molar-refractivity contribution >= 4 is 35.5 Å². The van der Waals surface area contributed by atoms with Crippen LogP contribution in [0.4, 0.5) is 0 Å². The monoisotopic (exact) mass is 424 g/mol. The Morgan fingerprint density at radius 3 is 2.48 bits per heavy atom. The van der Waals surface area contributed by atoms with Crippen molar-refractivity contribution in [2.75, 3.05) is 5.75 Å². The number of carbonyl (C=O) groups excluding carboxylic acids is 1. The summed E-state index contributed by atoms with van der Waals surface area (Å²) in [5, 5.41) is 4.70. The van der Waals surface area contributed by atoms with Crippen LogP contribution in [0, 0.1) is 0 Å². The zero-order valence-corrected chi connectivity index (χ0v) is 17.3. The van der Waals surface area contributed by atoms with Crippen LogP contribution in [0.25, 0.3) is 0 Å². The molecule has 0 heterocycles. The van der Waals surface area contributed by atoms with E-state index in [9.17, 15) is 4.79 Å². The van der Waals surface area contributed by atoms with Gasteiger partial charge in [-0.2, -0.15) is 5.10 Å². The van der Waals surface area contributed by atoms with Crippen LogP contribution in [0.2, 0.25) is 5.02 Å². The number of benzene rings is 3. The van der Waals surface area contributed by atoms with Crippen LogP contribution >= 0.6 is 23.4 Å². The summed E-state index contributed by atoms with van der Waals surface area (Å²) in [6, 6.07) is 25.1. The number of halogens is 1. The Morgan fingerprint density at radius 2 is 1.72 bits per heavy atom. The van der Waals surface area contributed by atoms with Crippen LogP contribution < -0.4 is 10.2 Å². The molecule has 3 aromatic rings. The van der Waals surface area contributed by atoms with Crippen LogP contribution in [0.3, 0.4) is 0 Å². The summed E-state index contributed by atoms with van der Waals surface area (Å²) in [7, 11) is 0. The topological polar surface area (TPSA) is 50.7 Å². The summed E-state index contributed by atoms with van der Waals surface area (Å²) in [6.45, 7) is 0.407. The van der Waals surface area contributed by atoms with Gasteiger partial charge in [0, 0.05) is 27.7 Å². The third-order valence-electron chi connectivity index (χ3n) is 3.98. The van der Waals surface area contributed by atoms with Crippen LogP contribution in [0.1, 0.15) is 17.5 Å². The zero-order chi connectivity index (χ0) is 20.3. The van der Waals surface area contributed by atoms with Crippen LogP contribution in [0.5, 0.6) is 5.75 Å². The van der Waals surface area contributed by atoms with Gasteiger partial charge in [-0.3, -0.25) is 4.79 Å². The first-order valence-corrected chi connectivity index (χ1v) is 10.5. The van der Waals surface area contributed by atoms with E-state index in [0.29, 0.717) is 23.8 Å². The van der Waals surface area contributed by atoms with Crippen molar-refractivity contribution in [2.24, 2.45) is 5.10 Å². The second kappa shape index (κ2) is 11.3. The van der Waals surface area contributed by atoms with Gasteiger partial charge in [0.25, 0.3) is 0 Å². The molecule has 0 aliphatic heterocycles. The van der Waals surface area contributed by atoms with E-state index in [1.165, 1.54) is 0 Å². The van der Waals surface area contributed by atoms with Crippen molar-refractivity contribution in [2.45, 2.75) is 17.9 Å². The van der Waals surface area contributed by atoms with Crippen LogP contribution in [0.15, 0.2) is 88.9 Å². The maximum absolute atomic E-state index is 11.9. The number of hydrogen-bond acceptors (Lipinski definition) is 4. The number of amides is 1. The van der Waals surface area contributed by atoms with E-state index in [4.69, 9.17) is 16.3 Å². The van der Waals surface area contributed by atoms with Crippen molar-refractivity contribution in [3.63, 3.8) is 0 Å². The standard InChI is InChI=1S/C23H21ClN2O2S/c24-22-9-5-4-6-19(22)17-28-20-12-10-18(11-13-20)16-25-26-23(27)14-15-29-21-7-2-1-3-8-21/h1-13,16H,14-15,17H2,(H,26,27). The predicted octanol–water partition coefficient (Wildman–Crippen LogP) is 5.55. The van der Waals surface area contributed by atoms with E-state index in [1.54, 1.807) is 18.0 Å². The van der Waals surface area contributed by atoms with E-state index >= 15 is 0 Å². The molecule has 0 aliphatic carbocycles. The average Bonchev–Trinajstić information content (AvgIpc) is 2.75. The third kappa shape index (κ3) is 7.29. The first kappa shape index (κ1) is 21.0. The number of hydrazone groups is 1. The molecule has 0 spiro atoms. The maximum Gasteiger partial charge on any atom is 0.240 e. The van der Waals surface area contributed by atoms with Crippen molar-refractivity contribution < 1.29 is 9.53 Å². The molecule has 0 bridgehead atoms. The summed E-state index contributed by atoms with van der Waals surface area (Å²) < 4.78 is 5.75. The molecule has 0 saturated carbocycles. The van der Waals surface area contributed by atoms with Crippen LogP contribution in [-0.4, -0.2) is 17.9 Å². The lowest BCUT2D eigenvalue weighted by Crippen LogP contribution is -2.17. The Kier molecular flexibility index (Phi) is 8.16. The van der Waals surface area contributed by atoms with Gasteiger partial charge in [-0.05, 0) is 48.0 Å². The first-order valence-electron chi connectivity index (χ1n) is 9.17. The zero-order valence-electron chi connectivity index (χ0n) is 15.8. The number of carbonyl (C=O) groups is 1. The van der Waals surface area contributed by atoms with Gasteiger partial charge >= 0.3 is 0 Å². The number of rotatable bonds is 9. The predicted molar refractivity (Wildman–Crippen MR) is 120 cm³/mol. The normalized spacial score (nSPS) is 10.8. The number of hydrogen-bond donors (Lipinski definition) is 1. The molecule has 6 heteroatoms. The lowest BCUT2D eigenvalue weighted by Gasteiger charge is -2.07. The highest BCUT2D eigenvalue weighted by Gasteiger charge is 2.02. The molecule has 0 saturated heterocycles. The number of nitrogens with zero attached hydrogens (tertiary/aromatic N) is 1. The van der Waals surface area contributed by atoms with E-state index in [1.807, 2.05) is 78.9 Å². The Hall–Kier alpha value is -2.76. The molecule has 3 rings (SSSR count). The number of nitrogens with one attached hydrogen (secondary N) is 1. The van der Waals surface area contributed by atoms with Gasteiger partial charge in [-0.1, -0.05) is 48.0 Å². The molecule has 1 N–H and O–H groups in total. The maximum atomic E-state index is 11.9. The number of thioether (sulfide) groups is 1. The second-order valence-corrected chi connectivity index (χ2v) is 7.73. The molecule has 0 aliphatic rings. The molecule has 1 amide bonds. The average molecular weight is 425 g/mol. The van der Waals surface area contributed by atoms with E-state index in [0.717, 1.165) is 21.8 Å². The molecule has 0 unspecified atom stereocenters. The minimum absolute atomic E-state index is 0.107. The minimum Gasteiger partial charge on any atom is -0.489 e. The van der Waals surface area contributed by atoms with Crippen molar-refractivity contribution in [3.05, 3.63) is 95.0 Å². The molecule has 0 radical (unpaired) electrons. The van der Waals surface area contributed by atoms with Gasteiger partial charge in [0.05, 0.1) is 6.21 Å². The fourth-order valence-electron chi connectivity index (χ4n) is 2.44. The molecule has 0 aromatic heterocycles. The number of ether oxygens (including phenoxy) is 1. The third-order valence-corrected chi connectivity index (χ3v) is 5.36. The lowest BCUT2D eigenvalue weighted by atomic mass is 10.2. The Morgan fingerprint density at radius 1 is 1.00 bits per heavy atom. The highest BCUT2D eigenvalue weighted by Crippen LogP contribution is 2.19. The lowest BCUT2D eigenvalue weighted by molar-refractivity contribution is -0.120. The highest BCUT2D eigenvalue weighted by atomic mass is 35.5. The van der Waals surface area contributed by atoms with Crippen molar-refractivity contribution in [1.29, 1.82) is 0 Å². The Labute approximate surface area is 179 Å².